The molecule has 7 nitrogen and oxygen atoms in total. The molecule has 302 valence electrons. The van der Waals surface area contributed by atoms with E-state index in [4.69, 9.17) is 14.2 Å². The van der Waals surface area contributed by atoms with Gasteiger partial charge in [-0.2, -0.15) is 39.5 Å². The molecule has 0 bridgehead atoms. The third-order valence-corrected chi connectivity index (χ3v) is 8.63. The van der Waals surface area contributed by atoms with Gasteiger partial charge in [-0.25, -0.2) is 14.0 Å². The molecule has 4 aromatic carbocycles. The Bertz CT molecular complexity index is 1990. The van der Waals surface area contributed by atoms with Gasteiger partial charge in [-0.05, 0) is 89.2 Å². The first-order valence-electron chi connectivity index (χ1n) is 16.6. The van der Waals surface area contributed by atoms with Gasteiger partial charge in [0.2, 0.25) is 0 Å². The van der Waals surface area contributed by atoms with Gasteiger partial charge in [0.15, 0.2) is 0 Å². The van der Waals surface area contributed by atoms with Crippen molar-refractivity contribution in [2.45, 2.75) is 70.5 Å². The van der Waals surface area contributed by atoms with Gasteiger partial charge < -0.3 is 24.3 Å². The molecule has 0 aliphatic carbocycles. The maximum absolute atomic E-state index is 14.9. The van der Waals surface area contributed by atoms with Crippen molar-refractivity contribution in [2.75, 3.05) is 14.2 Å². The van der Waals surface area contributed by atoms with E-state index in [2.05, 4.69) is 10.1 Å². The fourth-order valence-corrected chi connectivity index (χ4v) is 5.69. The molecule has 0 aliphatic rings. The molecule has 0 radical (unpaired) electrons. The molecule has 56 heavy (non-hydrogen) atoms. The number of hydrogen-bond donors (Lipinski definition) is 1. The van der Waals surface area contributed by atoms with Gasteiger partial charge >= 0.3 is 30.7 Å². The van der Waals surface area contributed by atoms with Crippen LogP contribution in [0.1, 0.15) is 82.1 Å². The Morgan fingerprint density at radius 2 is 1.30 bits per heavy atom. The molecular weight excluding hydrogens is 768 g/mol. The quantitative estimate of drug-likeness (QED) is 0.113. The monoisotopic (exact) mass is 803 g/mol. The van der Waals surface area contributed by atoms with E-state index in [-0.39, 0.29) is 45.6 Å². The van der Waals surface area contributed by atoms with Gasteiger partial charge in [0, 0.05) is 24.2 Å². The van der Waals surface area contributed by atoms with Gasteiger partial charge in [-0.15, -0.1) is 0 Å². The largest absolute Gasteiger partial charge is 0.509 e. The second kappa shape index (κ2) is 17.2. The van der Waals surface area contributed by atoms with Crippen LogP contribution in [-0.2, 0) is 45.9 Å². The van der Waals surface area contributed by atoms with Crippen LogP contribution in [0.2, 0.25) is 0 Å². The summed E-state index contributed by atoms with van der Waals surface area (Å²) < 4.78 is 160. The predicted molar refractivity (Wildman–Crippen MR) is 182 cm³/mol. The summed E-state index contributed by atoms with van der Waals surface area (Å²) in [6, 6.07) is 9.80. The van der Waals surface area contributed by atoms with Gasteiger partial charge in [-0.1, -0.05) is 32.0 Å². The van der Waals surface area contributed by atoms with Crippen LogP contribution < -0.4 is 10.1 Å². The standard InChI is InChI=1S/C39H35F10NO6/c1-20(2)30-16-31(33(53-4)17-32(30)40)29-11-10-26(37(41,42)43)14-25(29)18-50-21(3)34(24-12-27(38(44,45)46)15-28(13-24)39(47,48)49)56-36(52)55-19-22-6-8-23(9-7-22)35(51)54-5/h6-17,20-21,34,50H,18-19H2,1-5H3/t21-,34-/m0/s1. The highest BCUT2D eigenvalue weighted by Crippen LogP contribution is 2.41. The molecule has 0 unspecified atom stereocenters. The number of ether oxygens (including phenoxy) is 4. The van der Waals surface area contributed by atoms with Gasteiger partial charge in [0.05, 0.1) is 36.5 Å². The maximum Gasteiger partial charge on any atom is 0.509 e. The summed E-state index contributed by atoms with van der Waals surface area (Å²) in [4.78, 5) is 24.7. The molecule has 0 fully saturated rings. The normalized spacial score (nSPS) is 13.3. The number of alkyl halides is 9. The average Bonchev–Trinajstić information content (AvgIpc) is 3.13. The highest BCUT2D eigenvalue weighted by atomic mass is 19.4. The lowest BCUT2D eigenvalue weighted by atomic mass is 9.92. The topological polar surface area (TPSA) is 83.1 Å². The highest BCUT2D eigenvalue weighted by Gasteiger charge is 2.39. The van der Waals surface area contributed by atoms with Gasteiger partial charge in [-0.3, -0.25) is 0 Å². The molecule has 0 amide bonds. The number of methoxy groups -OCH3 is 2. The van der Waals surface area contributed by atoms with E-state index in [1.54, 1.807) is 13.8 Å². The molecule has 17 heteroatoms. The second-order valence-electron chi connectivity index (χ2n) is 12.9. The van der Waals surface area contributed by atoms with Crippen molar-refractivity contribution in [2.24, 2.45) is 0 Å². The zero-order valence-corrected chi connectivity index (χ0v) is 30.3. The van der Waals surface area contributed by atoms with Crippen LogP contribution in [0.25, 0.3) is 11.1 Å². The molecule has 4 rings (SSSR count). The Kier molecular flexibility index (Phi) is 13.3. The fourth-order valence-electron chi connectivity index (χ4n) is 5.69. The zero-order valence-electron chi connectivity index (χ0n) is 30.3. The third-order valence-electron chi connectivity index (χ3n) is 8.63. The van der Waals surface area contributed by atoms with Crippen LogP contribution in [0.15, 0.2) is 72.8 Å². The molecule has 4 aromatic rings. The van der Waals surface area contributed by atoms with Crippen LogP contribution in [-0.4, -0.2) is 32.4 Å². The number of nitrogens with one attached hydrogen (secondary N) is 1. The van der Waals surface area contributed by atoms with E-state index in [0.29, 0.717) is 17.7 Å². The summed E-state index contributed by atoms with van der Waals surface area (Å²) in [5.74, 6) is -1.68. The number of carbonyl (C=O) groups excluding carboxylic acids is 2. The Morgan fingerprint density at radius 1 is 0.714 bits per heavy atom. The first-order valence-corrected chi connectivity index (χ1v) is 16.6. The lowest BCUT2D eigenvalue weighted by molar-refractivity contribution is -0.143. The van der Waals surface area contributed by atoms with Crippen LogP contribution in [0.4, 0.5) is 48.7 Å². The summed E-state index contributed by atoms with van der Waals surface area (Å²) in [5.41, 5.74) is -4.37. The molecule has 0 aromatic heterocycles. The van der Waals surface area contributed by atoms with E-state index in [9.17, 15) is 53.5 Å². The zero-order chi connectivity index (χ0) is 41.7. The van der Waals surface area contributed by atoms with E-state index in [0.717, 1.165) is 31.4 Å². The summed E-state index contributed by atoms with van der Waals surface area (Å²) in [6.07, 6.45) is -18.9. The SMILES string of the molecule is COC(=O)c1ccc(COC(=O)O[C@H](c2cc(C(F)(F)F)cc(C(F)(F)F)c2)[C@H](C)NCc2cc(C(F)(F)F)ccc2-c2cc(C(C)C)c(F)cc2OC)cc1. The maximum atomic E-state index is 14.9. The Balaban J connectivity index is 1.75. The molecule has 0 saturated heterocycles. The van der Waals surface area contributed by atoms with Crippen LogP contribution >= 0.6 is 0 Å². The van der Waals surface area contributed by atoms with Crippen molar-refractivity contribution in [3.8, 4) is 16.9 Å². The minimum absolute atomic E-state index is 0.0338. The molecule has 0 heterocycles. The molecule has 0 saturated carbocycles. The van der Waals surface area contributed by atoms with E-state index >= 15 is 0 Å². The van der Waals surface area contributed by atoms with Crippen LogP contribution in [0.3, 0.4) is 0 Å². The number of esters is 1. The molecule has 0 spiro atoms. The summed E-state index contributed by atoms with van der Waals surface area (Å²) >= 11 is 0. The number of rotatable bonds is 12. The number of halogens is 10. The van der Waals surface area contributed by atoms with Crippen molar-refractivity contribution < 1.29 is 72.4 Å². The first-order chi connectivity index (χ1) is 26.0. The molecule has 2 atom stereocenters. The lowest BCUT2D eigenvalue weighted by Crippen LogP contribution is -2.35. The van der Waals surface area contributed by atoms with Crippen molar-refractivity contribution >= 4 is 12.1 Å². The van der Waals surface area contributed by atoms with Crippen LogP contribution in [0, 0.1) is 5.82 Å². The van der Waals surface area contributed by atoms with Crippen molar-refractivity contribution in [3.05, 3.63) is 123 Å². The third kappa shape index (κ3) is 10.7. The smallest absolute Gasteiger partial charge is 0.496 e. The van der Waals surface area contributed by atoms with E-state index in [1.807, 2.05) is 0 Å². The first kappa shape index (κ1) is 43.4. The number of benzene rings is 4. The summed E-state index contributed by atoms with van der Waals surface area (Å²) in [6.45, 7) is 3.58. The average molecular weight is 804 g/mol. The number of hydrogen-bond acceptors (Lipinski definition) is 7. The Hall–Kier alpha value is -5.32. The summed E-state index contributed by atoms with van der Waals surface area (Å²) in [5, 5.41) is 2.77. The van der Waals surface area contributed by atoms with E-state index in [1.165, 1.54) is 44.4 Å². The minimum Gasteiger partial charge on any atom is -0.496 e. The fraction of sp³-hybridized carbons (Fsp3) is 0.333. The van der Waals surface area contributed by atoms with E-state index < -0.39 is 84.0 Å². The molecule has 1 N–H and O–H groups in total. The van der Waals surface area contributed by atoms with Crippen molar-refractivity contribution in [1.82, 2.24) is 5.32 Å². The molecular formula is C39H35F10NO6. The van der Waals surface area contributed by atoms with Gasteiger partial charge in [0.25, 0.3) is 0 Å². The second-order valence-corrected chi connectivity index (χ2v) is 12.9. The highest BCUT2D eigenvalue weighted by molar-refractivity contribution is 5.89. The Morgan fingerprint density at radius 3 is 1.82 bits per heavy atom. The minimum atomic E-state index is -5.27. The van der Waals surface area contributed by atoms with Crippen molar-refractivity contribution in [3.63, 3.8) is 0 Å². The lowest BCUT2D eigenvalue weighted by Gasteiger charge is -2.27. The summed E-state index contributed by atoms with van der Waals surface area (Å²) in [7, 11) is 2.38. The number of carbonyl (C=O) groups is 2. The molecule has 0 aliphatic heterocycles. The van der Waals surface area contributed by atoms with Crippen molar-refractivity contribution in [1.29, 1.82) is 0 Å². The van der Waals surface area contributed by atoms with Crippen LogP contribution in [0.5, 0.6) is 5.75 Å². The Labute approximate surface area is 314 Å². The predicted octanol–water partition coefficient (Wildman–Crippen LogP) is 11.0. The van der Waals surface area contributed by atoms with Gasteiger partial charge in [0.1, 0.15) is 24.3 Å².